The molecule has 1 N–H and O–H groups in total. The molecule has 0 aliphatic carbocycles. The smallest absolute Gasteiger partial charge is 0.361 e. The van der Waals surface area contributed by atoms with Crippen LogP contribution in [-0.2, 0) is 33.3 Å². The van der Waals surface area contributed by atoms with Crippen molar-refractivity contribution in [2.75, 3.05) is 47.5 Å². The van der Waals surface area contributed by atoms with Gasteiger partial charge in [0.2, 0.25) is 0 Å². The number of carboxylic acid groups (broad SMARTS) is 1. The van der Waals surface area contributed by atoms with Crippen LogP contribution in [0.4, 0.5) is 0 Å². The van der Waals surface area contributed by atoms with Crippen molar-refractivity contribution in [3.05, 3.63) is 36.5 Å². The van der Waals surface area contributed by atoms with Crippen molar-refractivity contribution < 1.29 is 42.9 Å². The number of rotatable bonds is 69. The lowest BCUT2D eigenvalue weighted by molar-refractivity contribution is -0.870. The van der Waals surface area contributed by atoms with Crippen LogP contribution >= 0.6 is 0 Å². The van der Waals surface area contributed by atoms with Gasteiger partial charge in [-0.05, 0) is 51.4 Å². The van der Waals surface area contributed by atoms with Crippen LogP contribution in [-0.4, -0.2) is 87.4 Å². The van der Waals surface area contributed by atoms with E-state index in [4.69, 9.17) is 18.9 Å². The summed E-state index contributed by atoms with van der Waals surface area (Å²) in [5.41, 5.74) is 0. The number of hydrogen-bond acceptors (Lipinski definition) is 7. The number of allylic oxidation sites excluding steroid dienone is 6. The molecule has 0 bridgehead atoms. The minimum absolute atomic E-state index is 0.174. The van der Waals surface area contributed by atoms with Gasteiger partial charge in [0.05, 0.1) is 34.4 Å². The number of likely N-dealkylation sites (N-methyl/N-ethyl adjacent to an activating group) is 1. The van der Waals surface area contributed by atoms with Crippen molar-refractivity contribution in [3.63, 3.8) is 0 Å². The monoisotopic (exact) mass is 1190 g/mol. The Kier molecular flexibility index (Phi) is 64.5. The minimum atomic E-state index is -1.51. The maximum Gasteiger partial charge on any atom is 0.361 e. The molecule has 9 heteroatoms. The number of ether oxygens (including phenoxy) is 4. The number of nitrogens with zero attached hydrogens (tertiary/aromatic N) is 1. The number of unbranched alkanes of at least 4 members (excludes halogenated alkanes) is 48. The van der Waals surface area contributed by atoms with E-state index in [2.05, 4.69) is 50.3 Å². The summed E-state index contributed by atoms with van der Waals surface area (Å²) < 4.78 is 23.0. The molecule has 0 heterocycles. The molecule has 0 spiro atoms. The lowest BCUT2D eigenvalue weighted by Crippen LogP contribution is -2.40. The van der Waals surface area contributed by atoms with Gasteiger partial charge in [-0.2, -0.15) is 0 Å². The summed E-state index contributed by atoms with van der Waals surface area (Å²) in [4.78, 5) is 37.6. The van der Waals surface area contributed by atoms with Gasteiger partial charge in [0, 0.05) is 12.8 Å². The molecule has 0 aromatic rings. The van der Waals surface area contributed by atoms with Crippen LogP contribution in [0.2, 0.25) is 0 Å². The summed E-state index contributed by atoms with van der Waals surface area (Å²) in [5, 5.41) is 9.74. The van der Waals surface area contributed by atoms with Gasteiger partial charge in [0.25, 0.3) is 6.29 Å². The molecule has 494 valence electrons. The third kappa shape index (κ3) is 67.0. The van der Waals surface area contributed by atoms with Gasteiger partial charge in [0.1, 0.15) is 13.2 Å². The molecule has 0 fully saturated rings. The second-order valence-corrected chi connectivity index (χ2v) is 26.3. The lowest BCUT2D eigenvalue weighted by Gasteiger charge is -2.25. The number of hydrogen-bond donors (Lipinski definition) is 1. The molecule has 2 atom stereocenters. The Bertz CT molecular complexity index is 1470. The molecule has 0 amide bonds. The van der Waals surface area contributed by atoms with Gasteiger partial charge >= 0.3 is 17.9 Å². The standard InChI is InChI=1S/C75H141NO8/c1-6-8-10-12-14-16-18-20-22-24-26-28-29-30-31-32-33-34-35-36-37-38-39-40-41-42-43-44-45-46-48-50-52-54-56-58-60-62-64-66-73(78)84-71(70-83-75(74(79)80)81-68-67-76(3,4)5)69-82-72(77)65-63-61-59-57-55-53-51-49-47-27-25-23-21-19-17-15-13-11-9-7-2/h18,20,24,26,29-30,71,75H,6-17,19,21-23,25,27-28,31-70H2,1-5H3/p+1/b20-18-,26-24-,30-29-. The maximum absolute atomic E-state index is 12.9. The van der Waals surface area contributed by atoms with Crippen LogP contribution in [0.3, 0.4) is 0 Å². The number of carbonyl (C=O) groups is 3. The highest BCUT2D eigenvalue weighted by Crippen LogP contribution is 2.19. The van der Waals surface area contributed by atoms with Crippen LogP contribution < -0.4 is 0 Å². The topological polar surface area (TPSA) is 108 Å². The van der Waals surface area contributed by atoms with Crippen molar-refractivity contribution >= 4 is 17.9 Å². The normalized spacial score (nSPS) is 12.8. The average Bonchev–Trinajstić information content (AvgIpc) is 3.52. The summed E-state index contributed by atoms with van der Waals surface area (Å²) in [6.45, 7) is 4.94. The molecule has 0 radical (unpaired) electrons. The largest absolute Gasteiger partial charge is 0.477 e. The predicted molar refractivity (Wildman–Crippen MR) is 360 cm³/mol. The van der Waals surface area contributed by atoms with Crippen molar-refractivity contribution in [2.24, 2.45) is 0 Å². The van der Waals surface area contributed by atoms with Gasteiger partial charge in [-0.25, -0.2) is 4.79 Å². The fourth-order valence-corrected chi connectivity index (χ4v) is 11.0. The number of carboxylic acids is 1. The first kappa shape index (κ1) is 81.5. The molecule has 0 rings (SSSR count). The Balaban J connectivity index is 3.96. The fraction of sp³-hybridized carbons (Fsp3) is 0.880. The van der Waals surface area contributed by atoms with Crippen LogP contribution in [0.15, 0.2) is 36.5 Å². The van der Waals surface area contributed by atoms with Crippen molar-refractivity contribution in [1.29, 1.82) is 0 Å². The van der Waals surface area contributed by atoms with E-state index in [0.717, 1.165) is 51.4 Å². The van der Waals surface area contributed by atoms with Gasteiger partial charge in [-0.3, -0.25) is 9.59 Å². The van der Waals surface area contributed by atoms with Crippen LogP contribution in [0, 0.1) is 0 Å². The van der Waals surface area contributed by atoms with E-state index in [1.54, 1.807) is 0 Å². The molecule has 0 aromatic carbocycles. The van der Waals surface area contributed by atoms with E-state index >= 15 is 0 Å². The highest BCUT2D eigenvalue weighted by Gasteiger charge is 2.25. The summed E-state index contributed by atoms with van der Waals surface area (Å²) in [6.07, 6.45) is 81.4. The molecular weight excluding hydrogens is 1040 g/mol. The third-order valence-corrected chi connectivity index (χ3v) is 16.6. The SMILES string of the molecule is CCCCCCC/C=C\C/C=C\C/C=C\CCCCCCCCCCCCCCCCCCCCCCCCCCC(=O)OC(COC(=O)CCCCCCCCCCCCCCCCCCCCCC)COC(OCC[N+](C)(C)C)C(=O)O. The Morgan fingerprint density at radius 3 is 0.952 bits per heavy atom. The zero-order valence-corrected chi connectivity index (χ0v) is 56.6. The van der Waals surface area contributed by atoms with Gasteiger partial charge in [-0.15, -0.1) is 0 Å². The van der Waals surface area contributed by atoms with Crippen LogP contribution in [0.1, 0.15) is 367 Å². The van der Waals surface area contributed by atoms with Crippen molar-refractivity contribution in [3.8, 4) is 0 Å². The zero-order chi connectivity index (χ0) is 61.2. The summed E-state index contributed by atoms with van der Waals surface area (Å²) in [7, 11) is 5.99. The highest BCUT2D eigenvalue weighted by atomic mass is 16.7. The van der Waals surface area contributed by atoms with E-state index in [1.807, 2.05) is 21.1 Å². The summed E-state index contributed by atoms with van der Waals surface area (Å²) in [5.74, 6) is -1.97. The highest BCUT2D eigenvalue weighted by molar-refractivity contribution is 5.71. The second kappa shape index (κ2) is 66.5. The number of carbonyl (C=O) groups excluding carboxylic acids is 2. The first-order valence-electron chi connectivity index (χ1n) is 36.7. The molecule has 0 saturated heterocycles. The Hall–Kier alpha value is -2.49. The number of aliphatic carboxylic acids is 1. The third-order valence-electron chi connectivity index (χ3n) is 16.6. The zero-order valence-electron chi connectivity index (χ0n) is 56.6. The van der Waals surface area contributed by atoms with Crippen molar-refractivity contribution in [2.45, 2.75) is 379 Å². The number of esters is 2. The van der Waals surface area contributed by atoms with E-state index in [-0.39, 0.29) is 38.2 Å². The van der Waals surface area contributed by atoms with Crippen LogP contribution in [0.25, 0.3) is 0 Å². The van der Waals surface area contributed by atoms with Crippen molar-refractivity contribution in [1.82, 2.24) is 0 Å². The summed E-state index contributed by atoms with van der Waals surface area (Å²) >= 11 is 0. The van der Waals surface area contributed by atoms with E-state index < -0.39 is 18.4 Å². The summed E-state index contributed by atoms with van der Waals surface area (Å²) in [6, 6.07) is 0. The molecular formula is C75H142NO8+. The molecule has 0 aliphatic rings. The van der Waals surface area contributed by atoms with Gasteiger partial charge < -0.3 is 28.5 Å². The first-order valence-corrected chi connectivity index (χ1v) is 36.7. The fourth-order valence-electron chi connectivity index (χ4n) is 11.0. The average molecular weight is 1190 g/mol. The number of quaternary nitrogens is 1. The molecule has 84 heavy (non-hydrogen) atoms. The van der Waals surface area contributed by atoms with Gasteiger partial charge in [-0.1, -0.05) is 339 Å². The predicted octanol–water partition coefficient (Wildman–Crippen LogP) is 22.8. The molecule has 0 saturated carbocycles. The van der Waals surface area contributed by atoms with E-state index in [0.29, 0.717) is 17.4 Å². The maximum atomic E-state index is 12.9. The second-order valence-electron chi connectivity index (χ2n) is 26.3. The Morgan fingerprint density at radius 2 is 0.643 bits per heavy atom. The van der Waals surface area contributed by atoms with Gasteiger partial charge in [0.15, 0.2) is 6.10 Å². The molecule has 0 aliphatic heterocycles. The lowest BCUT2D eigenvalue weighted by atomic mass is 10.0. The minimum Gasteiger partial charge on any atom is -0.477 e. The quantitative estimate of drug-likeness (QED) is 0.0211. The molecule has 2 unspecified atom stereocenters. The van der Waals surface area contributed by atoms with Crippen LogP contribution in [0.5, 0.6) is 0 Å². The molecule has 9 nitrogen and oxygen atoms in total. The molecule has 0 aromatic heterocycles. The first-order chi connectivity index (χ1) is 41.1. The van der Waals surface area contributed by atoms with E-state index in [9.17, 15) is 19.5 Å². The Labute approximate surface area is 521 Å². The Morgan fingerprint density at radius 1 is 0.357 bits per heavy atom. The van der Waals surface area contributed by atoms with E-state index in [1.165, 1.54) is 289 Å².